The third-order valence-corrected chi connectivity index (χ3v) is 4.46. The number of rotatable bonds is 5. The number of primary amides is 1. The summed E-state index contributed by atoms with van der Waals surface area (Å²) in [6.45, 7) is 2.11. The maximum atomic E-state index is 11.6. The first kappa shape index (κ1) is 15.0. The van der Waals surface area contributed by atoms with Crippen LogP contribution in [-0.4, -0.2) is 38.7 Å². The molecule has 2 unspecified atom stereocenters. The summed E-state index contributed by atoms with van der Waals surface area (Å²) < 4.78 is 0. The van der Waals surface area contributed by atoms with Crippen LogP contribution in [0.15, 0.2) is 6.20 Å². The number of hydrogen-bond acceptors (Lipinski definition) is 6. The van der Waals surface area contributed by atoms with Gasteiger partial charge in [0.1, 0.15) is 5.82 Å². The third-order valence-electron chi connectivity index (χ3n) is 4.46. The molecule has 3 rings (SSSR count). The fourth-order valence-electron chi connectivity index (χ4n) is 2.80. The number of aliphatic hydroxyl groups excluding tert-OH is 1. The van der Waals surface area contributed by atoms with E-state index in [0.717, 1.165) is 32.1 Å². The smallest absolute Gasteiger partial charge is 0.254 e. The van der Waals surface area contributed by atoms with Crippen LogP contribution in [0, 0.1) is 0 Å². The summed E-state index contributed by atoms with van der Waals surface area (Å²) in [6.07, 6.45) is 6.73. The Kier molecular flexibility index (Phi) is 3.90. The molecule has 5 N–H and O–H groups in total. The van der Waals surface area contributed by atoms with Crippen molar-refractivity contribution in [3.8, 4) is 0 Å². The first-order chi connectivity index (χ1) is 10.5. The van der Waals surface area contributed by atoms with Gasteiger partial charge in [-0.2, -0.15) is 4.98 Å². The minimum Gasteiger partial charge on any atom is -0.393 e. The van der Waals surface area contributed by atoms with Gasteiger partial charge in [-0.15, -0.1) is 0 Å². The van der Waals surface area contributed by atoms with Gasteiger partial charge in [-0.1, -0.05) is 0 Å². The Labute approximate surface area is 129 Å². The number of carbonyl (C=O) groups excluding carboxylic acids is 1. The number of carbonyl (C=O) groups is 1. The van der Waals surface area contributed by atoms with Crippen LogP contribution in [0.1, 0.15) is 55.8 Å². The Morgan fingerprint density at radius 2 is 2.23 bits per heavy atom. The van der Waals surface area contributed by atoms with E-state index in [1.807, 2.05) is 0 Å². The highest BCUT2D eigenvalue weighted by Gasteiger charge is 2.38. The number of nitrogens with zero attached hydrogens (tertiary/aromatic N) is 2. The normalized spacial score (nSPS) is 26.3. The van der Waals surface area contributed by atoms with E-state index >= 15 is 0 Å². The maximum absolute atomic E-state index is 11.6. The second kappa shape index (κ2) is 5.72. The Morgan fingerprint density at radius 1 is 1.45 bits per heavy atom. The Bertz CT molecular complexity index is 573. The van der Waals surface area contributed by atoms with Gasteiger partial charge in [0.25, 0.3) is 5.91 Å². The van der Waals surface area contributed by atoms with Crippen LogP contribution in [0.2, 0.25) is 0 Å². The first-order valence-corrected chi connectivity index (χ1v) is 7.85. The molecule has 120 valence electrons. The molecule has 2 aliphatic rings. The maximum Gasteiger partial charge on any atom is 0.254 e. The van der Waals surface area contributed by atoms with Gasteiger partial charge >= 0.3 is 0 Å². The van der Waals surface area contributed by atoms with Crippen molar-refractivity contribution in [2.24, 2.45) is 5.73 Å². The van der Waals surface area contributed by atoms with Crippen LogP contribution in [-0.2, 0) is 0 Å². The number of aromatic nitrogens is 2. The lowest BCUT2D eigenvalue weighted by molar-refractivity contribution is 0.100. The van der Waals surface area contributed by atoms with Crippen LogP contribution in [0.4, 0.5) is 11.8 Å². The highest BCUT2D eigenvalue weighted by atomic mass is 16.3. The quantitative estimate of drug-likeness (QED) is 0.651. The molecule has 0 spiro atoms. The monoisotopic (exact) mass is 305 g/mol. The summed E-state index contributed by atoms with van der Waals surface area (Å²) >= 11 is 0. The van der Waals surface area contributed by atoms with Crippen LogP contribution < -0.4 is 16.4 Å². The molecule has 7 heteroatoms. The molecule has 0 radical (unpaired) electrons. The highest BCUT2D eigenvalue weighted by Crippen LogP contribution is 2.37. The lowest BCUT2D eigenvalue weighted by Crippen LogP contribution is -2.31. The van der Waals surface area contributed by atoms with Crippen molar-refractivity contribution < 1.29 is 9.90 Å². The summed E-state index contributed by atoms with van der Waals surface area (Å²) in [7, 11) is 0. The standard InChI is InChI=1S/C15H23N5O2/c1-15(5-6-15)20-14-17-8-11(12(16)22)13(19-14)18-9-3-2-4-10(21)7-9/h8-10,21H,2-7H2,1H3,(H2,16,22)(H2,17,18,19,20). The van der Waals surface area contributed by atoms with Crippen molar-refractivity contribution in [1.29, 1.82) is 0 Å². The number of amides is 1. The molecule has 0 saturated heterocycles. The van der Waals surface area contributed by atoms with Crippen LogP contribution in [0.5, 0.6) is 0 Å². The van der Waals surface area contributed by atoms with Crippen molar-refractivity contribution >= 4 is 17.7 Å². The Hall–Kier alpha value is -1.89. The number of nitrogens with one attached hydrogen (secondary N) is 2. The van der Waals surface area contributed by atoms with E-state index in [0.29, 0.717) is 18.2 Å². The number of anilines is 2. The van der Waals surface area contributed by atoms with Crippen molar-refractivity contribution in [1.82, 2.24) is 9.97 Å². The summed E-state index contributed by atoms with van der Waals surface area (Å²) in [5.41, 5.74) is 5.75. The predicted octanol–water partition coefficient (Wildman–Crippen LogP) is 1.26. The average molecular weight is 305 g/mol. The zero-order valence-electron chi connectivity index (χ0n) is 12.8. The van der Waals surface area contributed by atoms with Gasteiger partial charge in [0.2, 0.25) is 5.95 Å². The second-order valence-corrected chi connectivity index (χ2v) is 6.67. The van der Waals surface area contributed by atoms with E-state index in [2.05, 4.69) is 27.5 Å². The van der Waals surface area contributed by atoms with Crippen molar-refractivity contribution in [3.63, 3.8) is 0 Å². The zero-order valence-corrected chi connectivity index (χ0v) is 12.8. The number of nitrogens with two attached hydrogens (primary N) is 1. The molecule has 22 heavy (non-hydrogen) atoms. The van der Waals surface area contributed by atoms with E-state index in [4.69, 9.17) is 5.73 Å². The molecule has 1 aromatic rings. The second-order valence-electron chi connectivity index (χ2n) is 6.67. The molecular formula is C15H23N5O2. The topological polar surface area (TPSA) is 113 Å². The molecule has 7 nitrogen and oxygen atoms in total. The molecule has 1 aromatic heterocycles. The molecule has 0 aliphatic heterocycles. The van der Waals surface area contributed by atoms with Gasteiger partial charge in [0.05, 0.1) is 11.7 Å². The molecule has 0 bridgehead atoms. The van der Waals surface area contributed by atoms with Crippen LogP contribution in [0.3, 0.4) is 0 Å². The van der Waals surface area contributed by atoms with Crippen molar-refractivity contribution in [2.45, 2.75) is 63.1 Å². The average Bonchev–Trinajstić information content (AvgIpc) is 3.16. The molecule has 0 aromatic carbocycles. The van der Waals surface area contributed by atoms with E-state index < -0.39 is 5.91 Å². The predicted molar refractivity (Wildman–Crippen MR) is 83.7 cm³/mol. The SMILES string of the molecule is CC1(Nc2ncc(C(N)=O)c(NC3CCCC(O)C3)n2)CC1. The van der Waals surface area contributed by atoms with E-state index in [1.165, 1.54) is 6.20 Å². The first-order valence-electron chi connectivity index (χ1n) is 7.85. The highest BCUT2D eigenvalue weighted by molar-refractivity contribution is 5.97. The van der Waals surface area contributed by atoms with Gasteiger partial charge in [-0.05, 0) is 45.4 Å². The zero-order chi connectivity index (χ0) is 15.7. The summed E-state index contributed by atoms with van der Waals surface area (Å²) in [4.78, 5) is 20.2. The lowest BCUT2D eigenvalue weighted by atomic mass is 9.93. The molecule has 2 aliphatic carbocycles. The molecule has 2 atom stereocenters. The minimum atomic E-state index is -0.553. The van der Waals surface area contributed by atoms with Crippen molar-refractivity contribution in [2.75, 3.05) is 10.6 Å². The largest absolute Gasteiger partial charge is 0.393 e. The Balaban J connectivity index is 1.79. The van der Waals surface area contributed by atoms with Gasteiger partial charge in [0, 0.05) is 17.8 Å². The third kappa shape index (κ3) is 3.47. The molecule has 1 heterocycles. The summed E-state index contributed by atoms with van der Waals surface area (Å²) in [5.74, 6) is 0.403. The van der Waals surface area contributed by atoms with Gasteiger partial charge in [-0.3, -0.25) is 4.79 Å². The summed E-state index contributed by atoms with van der Waals surface area (Å²) in [5, 5.41) is 16.3. The number of aliphatic hydroxyl groups is 1. The van der Waals surface area contributed by atoms with E-state index in [9.17, 15) is 9.90 Å². The molecule has 1 amide bonds. The van der Waals surface area contributed by atoms with Gasteiger partial charge < -0.3 is 21.5 Å². The van der Waals surface area contributed by atoms with Gasteiger partial charge in [0.15, 0.2) is 0 Å². The van der Waals surface area contributed by atoms with E-state index in [-0.39, 0.29) is 23.2 Å². The van der Waals surface area contributed by atoms with E-state index in [1.54, 1.807) is 0 Å². The minimum absolute atomic E-state index is 0.0620. The fourth-order valence-corrected chi connectivity index (χ4v) is 2.80. The lowest BCUT2D eigenvalue weighted by Gasteiger charge is -2.27. The summed E-state index contributed by atoms with van der Waals surface area (Å²) in [6, 6.07) is 0.0983. The Morgan fingerprint density at radius 3 is 2.86 bits per heavy atom. The van der Waals surface area contributed by atoms with Crippen LogP contribution in [0.25, 0.3) is 0 Å². The molecule has 2 saturated carbocycles. The molecular weight excluding hydrogens is 282 g/mol. The van der Waals surface area contributed by atoms with Crippen LogP contribution >= 0.6 is 0 Å². The molecule has 2 fully saturated rings. The van der Waals surface area contributed by atoms with Gasteiger partial charge in [-0.25, -0.2) is 4.98 Å². The number of hydrogen-bond donors (Lipinski definition) is 4. The fraction of sp³-hybridized carbons (Fsp3) is 0.667. The van der Waals surface area contributed by atoms with Crippen molar-refractivity contribution in [3.05, 3.63) is 11.8 Å².